The zero-order valence-corrected chi connectivity index (χ0v) is 10.3. The molecule has 0 spiro atoms. The Morgan fingerprint density at radius 2 is 1.67 bits per heavy atom. The van der Waals surface area contributed by atoms with E-state index in [0.717, 1.165) is 28.6 Å². The lowest BCUT2D eigenvalue weighted by Crippen LogP contribution is -2.04. The number of benzene rings is 1. The zero-order chi connectivity index (χ0) is 12.9. The van der Waals surface area contributed by atoms with Crippen molar-refractivity contribution in [2.75, 3.05) is 0 Å². The third kappa shape index (κ3) is 1.49. The third-order valence-electron chi connectivity index (χ3n) is 3.55. The summed E-state index contributed by atoms with van der Waals surface area (Å²) in [6.45, 7) is 5.00. The Morgan fingerprint density at radius 1 is 1.06 bits per heavy atom. The fourth-order valence-electron chi connectivity index (χ4n) is 2.62. The minimum Gasteiger partial charge on any atom is -0.372 e. The molecule has 0 unspecified atom stereocenters. The van der Waals surface area contributed by atoms with Crippen molar-refractivity contribution < 1.29 is 13.5 Å². The third-order valence-corrected chi connectivity index (χ3v) is 3.55. The molecule has 0 N–H and O–H groups in total. The summed E-state index contributed by atoms with van der Waals surface area (Å²) in [6.07, 6.45) is 0. The Morgan fingerprint density at radius 3 is 2.22 bits per heavy atom. The number of rotatable bonds is 1. The van der Waals surface area contributed by atoms with Crippen LogP contribution in [0.5, 0.6) is 0 Å². The second kappa shape index (κ2) is 3.92. The Hall–Kier alpha value is -1.68. The molecule has 0 bridgehead atoms. The lowest BCUT2D eigenvalue weighted by molar-refractivity contribution is 0.133. The van der Waals surface area contributed by atoms with Gasteiger partial charge in [0, 0.05) is 28.6 Å². The molecular weight excluding hydrogens is 236 g/mol. The molecule has 94 valence electrons. The molecule has 4 heteroatoms. The summed E-state index contributed by atoms with van der Waals surface area (Å²) in [6, 6.07) is 3.66. The molecule has 3 rings (SSSR count). The number of ether oxygens (including phenoxy) is 1. The molecule has 2 heterocycles. The van der Waals surface area contributed by atoms with Crippen LogP contribution in [-0.2, 0) is 18.0 Å². The summed E-state index contributed by atoms with van der Waals surface area (Å²) in [4.78, 5) is 0. The molecule has 0 aliphatic carbocycles. The first-order valence-electron chi connectivity index (χ1n) is 5.82. The van der Waals surface area contributed by atoms with E-state index in [4.69, 9.17) is 4.74 Å². The molecule has 0 amide bonds. The fourth-order valence-corrected chi connectivity index (χ4v) is 2.62. The largest absolute Gasteiger partial charge is 0.372 e. The van der Waals surface area contributed by atoms with E-state index < -0.39 is 11.6 Å². The van der Waals surface area contributed by atoms with Crippen LogP contribution in [0.25, 0.3) is 5.69 Å². The highest BCUT2D eigenvalue weighted by atomic mass is 19.1. The van der Waals surface area contributed by atoms with Crippen LogP contribution in [0.1, 0.15) is 22.5 Å². The first-order chi connectivity index (χ1) is 8.59. The quantitative estimate of drug-likeness (QED) is 0.755. The molecule has 0 fully saturated rings. The minimum absolute atomic E-state index is 0.390. The van der Waals surface area contributed by atoms with Crippen LogP contribution >= 0.6 is 0 Å². The maximum absolute atomic E-state index is 13.9. The van der Waals surface area contributed by atoms with Gasteiger partial charge < -0.3 is 9.30 Å². The summed E-state index contributed by atoms with van der Waals surface area (Å²) < 4.78 is 34.0. The normalized spacial score (nSPS) is 14.0. The molecular formula is C14H13F2NO. The van der Waals surface area contributed by atoms with E-state index >= 15 is 0 Å². The summed E-state index contributed by atoms with van der Waals surface area (Å²) in [5.74, 6) is -1.11. The van der Waals surface area contributed by atoms with Crippen LogP contribution in [0.15, 0.2) is 18.2 Å². The monoisotopic (exact) mass is 249 g/mol. The van der Waals surface area contributed by atoms with Gasteiger partial charge in [0.25, 0.3) is 0 Å². The molecule has 1 aliphatic heterocycles. The second-order valence-corrected chi connectivity index (χ2v) is 4.55. The zero-order valence-electron chi connectivity index (χ0n) is 10.3. The van der Waals surface area contributed by atoms with Gasteiger partial charge in [0.2, 0.25) is 0 Å². The number of hydrogen-bond donors (Lipinski definition) is 0. The lowest BCUT2D eigenvalue weighted by atomic mass is 10.2. The van der Waals surface area contributed by atoms with Gasteiger partial charge in [0.15, 0.2) is 0 Å². The van der Waals surface area contributed by atoms with Gasteiger partial charge in [-0.25, -0.2) is 8.78 Å². The standard InChI is InChI=1S/C14H13F2NO/c1-8-11-6-18-7-12(11)9(2)17(8)14-4-3-10(15)5-13(14)16/h3-5H,6-7H2,1-2H3. The van der Waals surface area contributed by atoms with Crippen LogP contribution in [0.3, 0.4) is 0 Å². The summed E-state index contributed by atoms with van der Waals surface area (Å²) in [5, 5.41) is 0. The minimum atomic E-state index is -0.561. The van der Waals surface area contributed by atoms with Crippen LogP contribution in [0.4, 0.5) is 8.78 Å². The van der Waals surface area contributed by atoms with E-state index in [1.807, 2.05) is 18.4 Å². The van der Waals surface area contributed by atoms with Gasteiger partial charge in [-0.3, -0.25) is 0 Å². The molecule has 0 saturated heterocycles. The molecule has 1 aromatic heterocycles. The van der Waals surface area contributed by atoms with E-state index in [2.05, 4.69) is 0 Å². The van der Waals surface area contributed by atoms with Crippen molar-refractivity contribution in [3.63, 3.8) is 0 Å². The Labute approximate surface area is 104 Å². The number of nitrogens with zero attached hydrogens (tertiary/aromatic N) is 1. The highest BCUT2D eigenvalue weighted by Crippen LogP contribution is 2.32. The van der Waals surface area contributed by atoms with Gasteiger partial charge in [0.05, 0.1) is 18.9 Å². The van der Waals surface area contributed by atoms with Crippen LogP contribution in [0, 0.1) is 25.5 Å². The first-order valence-corrected chi connectivity index (χ1v) is 5.82. The molecule has 0 radical (unpaired) electrons. The predicted octanol–water partition coefficient (Wildman–Crippen LogP) is 3.40. The lowest BCUT2D eigenvalue weighted by Gasteiger charge is -2.12. The van der Waals surface area contributed by atoms with Gasteiger partial charge in [0.1, 0.15) is 11.6 Å². The second-order valence-electron chi connectivity index (χ2n) is 4.55. The molecule has 0 saturated carbocycles. The molecule has 18 heavy (non-hydrogen) atoms. The van der Waals surface area contributed by atoms with Crippen LogP contribution in [0.2, 0.25) is 0 Å². The van der Waals surface area contributed by atoms with Crippen molar-refractivity contribution in [2.45, 2.75) is 27.1 Å². The predicted molar refractivity (Wildman–Crippen MR) is 63.7 cm³/mol. The van der Waals surface area contributed by atoms with Gasteiger partial charge in [-0.1, -0.05) is 0 Å². The Kier molecular flexibility index (Phi) is 2.48. The van der Waals surface area contributed by atoms with E-state index in [-0.39, 0.29) is 0 Å². The van der Waals surface area contributed by atoms with E-state index in [1.165, 1.54) is 12.1 Å². The topological polar surface area (TPSA) is 14.2 Å². The molecule has 2 aromatic rings. The average Bonchev–Trinajstić information content (AvgIpc) is 2.87. The summed E-state index contributed by atoms with van der Waals surface area (Å²) in [7, 11) is 0. The fraction of sp³-hybridized carbons (Fsp3) is 0.286. The van der Waals surface area contributed by atoms with Gasteiger partial charge >= 0.3 is 0 Å². The maximum Gasteiger partial charge on any atom is 0.150 e. The number of fused-ring (bicyclic) bond motifs is 1. The highest BCUT2D eigenvalue weighted by Gasteiger charge is 2.24. The Bertz CT molecular complexity index is 604. The number of aromatic nitrogens is 1. The van der Waals surface area contributed by atoms with Crippen molar-refractivity contribution in [2.24, 2.45) is 0 Å². The smallest absolute Gasteiger partial charge is 0.150 e. The van der Waals surface area contributed by atoms with Crippen LogP contribution < -0.4 is 0 Å². The molecule has 2 nitrogen and oxygen atoms in total. The van der Waals surface area contributed by atoms with E-state index in [0.29, 0.717) is 18.9 Å². The highest BCUT2D eigenvalue weighted by molar-refractivity contribution is 5.47. The average molecular weight is 249 g/mol. The Balaban J connectivity index is 2.24. The van der Waals surface area contributed by atoms with Crippen molar-refractivity contribution in [3.05, 3.63) is 52.3 Å². The molecule has 1 aromatic carbocycles. The van der Waals surface area contributed by atoms with Gasteiger partial charge in [-0.15, -0.1) is 0 Å². The van der Waals surface area contributed by atoms with Crippen LogP contribution in [-0.4, -0.2) is 4.57 Å². The van der Waals surface area contributed by atoms with E-state index in [1.54, 1.807) is 0 Å². The number of hydrogen-bond acceptors (Lipinski definition) is 1. The summed E-state index contributed by atoms with van der Waals surface area (Å²) >= 11 is 0. The molecule has 1 aliphatic rings. The first kappa shape index (κ1) is 11.4. The van der Waals surface area contributed by atoms with Crippen molar-refractivity contribution in [1.29, 1.82) is 0 Å². The van der Waals surface area contributed by atoms with E-state index in [9.17, 15) is 8.78 Å². The SMILES string of the molecule is Cc1c2c(c(C)n1-c1ccc(F)cc1F)COC2. The van der Waals surface area contributed by atoms with Crippen molar-refractivity contribution in [3.8, 4) is 5.69 Å². The van der Waals surface area contributed by atoms with Gasteiger partial charge in [-0.2, -0.15) is 0 Å². The molecule has 0 atom stereocenters. The number of halogens is 2. The van der Waals surface area contributed by atoms with Crippen molar-refractivity contribution >= 4 is 0 Å². The summed E-state index contributed by atoms with van der Waals surface area (Å²) in [5.41, 5.74) is 4.56. The van der Waals surface area contributed by atoms with Gasteiger partial charge in [-0.05, 0) is 26.0 Å². The maximum atomic E-state index is 13.9. The van der Waals surface area contributed by atoms with Crippen molar-refractivity contribution in [1.82, 2.24) is 4.57 Å².